The molecule has 146 valence electrons. The minimum Gasteiger partial charge on any atom is -0.497 e. The van der Waals surface area contributed by atoms with Gasteiger partial charge < -0.3 is 15.2 Å². The molecule has 2 aromatic rings. The Bertz CT molecular complexity index is 870. The zero-order valence-electron chi connectivity index (χ0n) is 15.8. The highest BCUT2D eigenvalue weighted by Crippen LogP contribution is 2.22. The van der Waals surface area contributed by atoms with Gasteiger partial charge in [0.2, 0.25) is 5.91 Å². The molecule has 7 nitrogen and oxygen atoms in total. The van der Waals surface area contributed by atoms with Crippen LogP contribution in [-0.4, -0.2) is 53.5 Å². The van der Waals surface area contributed by atoms with Gasteiger partial charge in [-0.15, -0.1) is 0 Å². The van der Waals surface area contributed by atoms with E-state index in [2.05, 4.69) is 5.32 Å². The number of hydrogen-bond donors (Lipinski definition) is 2. The summed E-state index contributed by atoms with van der Waals surface area (Å²) in [4.78, 5) is 37.8. The number of ether oxygens (including phenoxy) is 1. The number of carbonyl (C=O) groups excluding carboxylic acids is 3. The summed E-state index contributed by atoms with van der Waals surface area (Å²) in [5, 5.41) is 13.2. The third kappa shape index (κ3) is 4.20. The molecular formula is C21H22N2O5. The fraction of sp³-hybridized carbons (Fsp3) is 0.286. The third-order valence-electron chi connectivity index (χ3n) is 4.59. The molecule has 0 saturated carbocycles. The van der Waals surface area contributed by atoms with Gasteiger partial charge >= 0.3 is 0 Å². The molecule has 7 heteroatoms. The van der Waals surface area contributed by atoms with Crippen LogP contribution in [-0.2, 0) is 11.2 Å². The van der Waals surface area contributed by atoms with E-state index >= 15 is 0 Å². The summed E-state index contributed by atoms with van der Waals surface area (Å²) in [6.07, 6.45) is 0.324. The number of carbonyl (C=O) groups is 3. The van der Waals surface area contributed by atoms with Gasteiger partial charge in [0.1, 0.15) is 12.3 Å². The topological polar surface area (TPSA) is 95.9 Å². The summed E-state index contributed by atoms with van der Waals surface area (Å²) >= 11 is 0. The van der Waals surface area contributed by atoms with Crippen molar-refractivity contribution in [3.8, 4) is 5.75 Å². The maximum atomic E-state index is 12.3. The van der Waals surface area contributed by atoms with Crippen LogP contribution in [0.2, 0.25) is 0 Å². The molecule has 2 N–H and O–H groups in total. The Morgan fingerprint density at radius 2 is 1.64 bits per heavy atom. The van der Waals surface area contributed by atoms with E-state index in [-0.39, 0.29) is 13.1 Å². The van der Waals surface area contributed by atoms with Crippen molar-refractivity contribution >= 4 is 17.7 Å². The van der Waals surface area contributed by atoms with Crippen molar-refractivity contribution in [3.63, 3.8) is 0 Å². The van der Waals surface area contributed by atoms with E-state index in [9.17, 15) is 19.5 Å². The molecule has 1 heterocycles. The predicted molar refractivity (Wildman–Crippen MR) is 102 cm³/mol. The number of rotatable bonds is 7. The van der Waals surface area contributed by atoms with Gasteiger partial charge in [0.25, 0.3) is 11.8 Å². The number of nitrogens with one attached hydrogen (secondary N) is 1. The van der Waals surface area contributed by atoms with Crippen molar-refractivity contribution in [3.05, 3.63) is 65.2 Å². The molecule has 1 aliphatic rings. The molecule has 3 rings (SSSR count). The fourth-order valence-electron chi connectivity index (χ4n) is 3.12. The molecule has 0 bridgehead atoms. The van der Waals surface area contributed by atoms with Gasteiger partial charge in [0.05, 0.1) is 23.8 Å². The molecular weight excluding hydrogens is 360 g/mol. The number of fused-ring (bicyclic) bond motifs is 1. The van der Waals surface area contributed by atoms with Crippen molar-refractivity contribution in [2.45, 2.75) is 18.9 Å². The van der Waals surface area contributed by atoms with Gasteiger partial charge in [-0.05, 0) is 36.8 Å². The molecule has 0 spiro atoms. The summed E-state index contributed by atoms with van der Waals surface area (Å²) in [5.41, 5.74) is 0.297. The maximum absolute atomic E-state index is 12.3. The Kier molecular flexibility index (Phi) is 5.46. The van der Waals surface area contributed by atoms with Crippen molar-refractivity contribution in [1.82, 2.24) is 10.2 Å². The quantitative estimate of drug-likeness (QED) is 0.706. The highest BCUT2D eigenvalue weighted by Gasteiger charge is 2.36. The van der Waals surface area contributed by atoms with Crippen LogP contribution in [0, 0.1) is 0 Å². The van der Waals surface area contributed by atoms with Crippen molar-refractivity contribution in [2.75, 3.05) is 20.2 Å². The van der Waals surface area contributed by atoms with Gasteiger partial charge in [0.15, 0.2) is 0 Å². The second-order valence-corrected chi connectivity index (χ2v) is 7.04. The first-order valence-corrected chi connectivity index (χ1v) is 8.88. The molecule has 0 aromatic heterocycles. The van der Waals surface area contributed by atoms with Crippen LogP contribution in [0.25, 0.3) is 0 Å². The van der Waals surface area contributed by atoms with E-state index in [1.54, 1.807) is 50.4 Å². The van der Waals surface area contributed by atoms with E-state index < -0.39 is 23.3 Å². The zero-order chi connectivity index (χ0) is 20.3. The van der Waals surface area contributed by atoms with E-state index in [4.69, 9.17) is 4.74 Å². The van der Waals surface area contributed by atoms with Crippen LogP contribution in [0.5, 0.6) is 5.75 Å². The first-order chi connectivity index (χ1) is 13.3. The summed E-state index contributed by atoms with van der Waals surface area (Å²) in [6, 6.07) is 13.7. The van der Waals surface area contributed by atoms with Crippen LogP contribution in [0.3, 0.4) is 0 Å². The standard InChI is InChI=1S/C21H22N2O5/c1-21(27,11-14-7-9-15(28-2)10-8-14)13-22-18(24)12-23-19(25)16-5-3-4-6-17(16)20(23)26/h3-10,27H,11-13H2,1-2H3,(H,22,24). The van der Waals surface area contributed by atoms with Crippen molar-refractivity contribution in [2.24, 2.45) is 0 Å². The predicted octanol–water partition coefficient (Wildman–Crippen LogP) is 1.40. The van der Waals surface area contributed by atoms with E-state index in [0.717, 1.165) is 16.2 Å². The van der Waals surface area contributed by atoms with E-state index in [0.29, 0.717) is 17.5 Å². The minimum atomic E-state index is -1.19. The Morgan fingerprint density at radius 1 is 1.07 bits per heavy atom. The second-order valence-electron chi connectivity index (χ2n) is 7.04. The number of nitrogens with zero attached hydrogens (tertiary/aromatic N) is 1. The normalized spacial score (nSPS) is 15.2. The summed E-state index contributed by atoms with van der Waals surface area (Å²) in [6.45, 7) is 1.21. The first-order valence-electron chi connectivity index (χ1n) is 8.88. The first kappa shape index (κ1) is 19.6. The summed E-state index contributed by atoms with van der Waals surface area (Å²) in [5.74, 6) is -0.761. The zero-order valence-corrected chi connectivity index (χ0v) is 15.8. The summed E-state index contributed by atoms with van der Waals surface area (Å²) in [7, 11) is 1.58. The lowest BCUT2D eigenvalue weighted by atomic mass is 9.96. The van der Waals surface area contributed by atoms with Crippen LogP contribution in [0.15, 0.2) is 48.5 Å². The number of imide groups is 1. The molecule has 1 atom stereocenters. The Morgan fingerprint density at radius 3 is 2.18 bits per heavy atom. The molecule has 0 aliphatic carbocycles. The second kappa shape index (κ2) is 7.82. The lowest BCUT2D eigenvalue weighted by Gasteiger charge is -2.24. The average molecular weight is 382 g/mol. The number of hydrogen-bond acceptors (Lipinski definition) is 5. The molecule has 0 radical (unpaired) electrons. The number of amides is 3. The monoisotopic (exact) mass is 382 g/mol. The van der Waals surface area contributed by atoms with Crippen LogP contribution >= 0.6 is 0 Å². The fourth-order valence-corrected chi connectivity index (χ4v) is 3.12. The Labute approximate surface area is 162 Å². The Balaban J connectivity index is 1.55. The van der Waals surface area contributed by atoms with Crippen molar-refractivity contribution < 1.29 is 24.2 Å². The highest BCUT2D eigenvalue weighted by molar-refractivity contribution is 6.22. The third-order valence-corrected chi connectivity index (χ3v) is 4.59. The minimum absolute atomic E-state index is 0.0129. The number of aliphatic hydroxyl groups is 1. The molecule has 1 aliphatic heterocycles. The van der Waals surface area contributed by atoms with Gasteiger partial charge in [-0.3, -0.25) is 19.3 Å². The van der Waals surface area contributed by atoms with E-state index in [1.807, 2.05) is 12.1 Å². The van der Waals surface area contributed by atoms with Crippen LogP contribution in [0.1, 0.15) is 33.2 Å². The number of methoxy groups -OCH3 is 1. The van der Waals surface area contributed by atoms with Gasteiger partial charge in [-0.2, -0.15) is 0 Å². The molecule has 28 heavy (non-hydrogen) atoms. The summed E-state index contributed by atoms with van der Waals surface area (Å²) < 4.78 is 5.10. The van der Waals surface area contributed by atoms with Crippen molar-refractivity contribution in [1.29, 1.82) is 0 Å². The lowest BCUT2D eigenvalue weighted by Crippen LogP contribution is -2.46. The van der Waals surface area contributed by atoms with Gasteiger partial charge in [-0.1, -0.05) is 24.3 Å². The molecule has 3 amide bonds. The van der Waals surface area contributed by atoms with Crippen LogP contribution < -0.4 is 10.1 Å². The molecule has 0 saturated heterocycles. The van der Waals surface area contributed by atoms with E-state index in [1.165, 1.54) is 0 Å². The average Bonchev–Trinajstić information content (AvgIpc) is 2.92. The van der Waals surface area contributed by atoms with Gasteiger partial charge in [0, 0.05) is 13.0 Å². The highest BCUT2D eigenvalue weighted by atomic mass is 16.5. The van der Waals surface area contributed by atoms with Gasteiger partial charge in [-0.25, -0.2) is 0 Å². The molecule has 0 fully saturated rings. The maximum Gasteiger partial charge on any atom is 0.262 e. The molecule has 1 unspecified atom stereocenters. The Hall–Kier alpha value is -3.19. The molecule has 2 aromatic carbocycles. The smallest absolute Gasteiger partial charge is 0.262 e. The number of benzene rings is 2. The largest absolute Gasteiger partial charge is 0.497 e. The van der Waals surface area contributed by atoms with Crippen LogP contribution in [0.4, 0.5) is 0 Å². The SMILES string of the molecule is COc1ccc(CC(C)(O)CNC(=O)CN2C(=O)c3ccccc3C2=O)cc1. The lowest BCUT2D eigenvalue weighted by molar-refractivity contribution is -0.122.